The van der Waals surface area contributed by atoms with E-state index in [0.29, 0.717) is 86.5 Å². The topological polar surface area (TPSA) is 77.8 Å². The Morgan fingerprint density at radius 3 is 2.19 bits per heavy atom. The highest BCUT2D eigenvalue weighted by atomic mass is 35.5. The van der Waals surface area contributed by atoms with Crippen molar-refractivity contribution in [3.63, 3.8) is 0 Å². The van der Waals surface area contributed by atoms with E-state index in [2.05, 4.69) is 15.0 Å². The first-order chi connectivity index (χ1) is 22.6. The van der Waals surface area contributed by atoms with Crippen molar-refractivity contribution in [2.75, 3.05) is 66.1 Å². The number of aliphatic hydroxyl groups excluding tert-OH is 1. The molecule has 2 aromatic carbocycles. The van der Waals surface area contributed by atoms with Crippen LogP contribution in [0.3, 0.4) is 0 Å². The molecular formula is C32H38Cl2F6N4O4. The van der Waals surface area contributed by atoms with Gasteiger partial charge in [-0.2, -0.15) is 26.3 Å². The van der Waals surface area contributed by atoms with Crippen molar-refractivity contribution in [1.29, 1.82) is 0 Å². The standard InChI is InChI=1S/C32H38Cl2F6N4O4/c1-47-41-29(20-48-19-21-13-23(31(35,36)37)16-24(14-21)32(38,39)40)26(22-4-5-27(33)28(34)15-22)6-8-42-9-11-43(12-10-42)18-30(46)44-7-2-3-25(45)17-44/h4-5,13-16,25-26,45H,2-3,6-12,17-20H2,1H3/b41-29+. The number of hydrogen-bond donors (Lipinski definition) is 1. The molecule has 48 heavy (non-hydrogen) atoms. The molecule has 2 aliphatic rings. The van der Waals surface area contributed by atoms with Gasteiger partial charge < -0.3 is 24.5 Å². The van der Waals surface area contributed by atoms with E-state index in [4.69, 9.17) is 32.8 Å². The van der Waals surface area contributed by atoms with Crippen molar-refractivity contribution in [3.05, 3.63) is 68.7 Å². The number of piperidine rings is 1. The molecule has 0 radical (unpaired) electrons. The third kappa shape index (κ3) is 10.9. The van der Waals surface area contributed by atoms with Gasteiger partial charge >= 0.3 is 12.4 Å². The monoisotopic (exact) mass is 726 g/mol. The molecule has 2 fully saturated rings. The summed E-state index contributed by atoms with van der Waals surface area (Å²) in [6.07, 6.45) is -8.46. The average molecular weight is 728 g/mol. The van der Waals surface area contributed by atoms with Crippen LogP contribution in [0.15, 0.2) is 41.6 Å². The Labute approximate surface area is 285 Å². The number of rotatable bonds is 12. The lowest BCUT2D eigenvalue weighted by atomic mass is 9.90. The molecule has 2 unspecified atom stereocenters. The summed E-state index contributed by atoms with van der Waals surface area (Å²) >= 11 is 12.5. The first-order valence-corrected chi connectivity index (χ1v) is 16.2. The Morgan fingerprint density at radius 2 is 1.60 bits per heavy atom. The lowest BCUT2D eigenvalue weighted by molar-refractivity contribution is -0.143. The van der Waals surface area contributed by atoms with Gasteiger partial charge in [-0.15, -0.1) is 0 Å². The number of β-amino-alcohol motifs (C(OH)–C–C–N with tert-alkyl or cyclic N) is 1. The number of benzene rings is 2. The van der Waals surface area contributed by atoms with Gasteiger partial charge in [0.2, 0.25) is 5.91 Å². The third-order valence-electron chi connectivity index (χ3n) is 8.43. The van der Waals surface area contributed by atoms with Crippen molar-refractivity contribution < 1.29 is 45.8 Å². The number of aliphatic hydroxyl groups is 1. The van der Waals surface area contributed by atoms with Crippen LogP contribution in [0.5, 0.6) is 0 Å². The maximum absolute atomic E-state index is 13.4. The van der Waals surface area contributed by atoms with Gasteiger partial charge in [0.1, 0.15) is 7.11 Å². The predicted molar refractivity (Wildman–Crippen MR) is 169 cm³/mol. The SMILES string of the molecule is CO/N=C(\COCc1cc(C(F)(F)F)cc(C(F)(F)F)c1)C(CCN1CCN(CC(=O)N2CCCC(O)C2)CC1)c1ccc(Cl)c(Cl)c1. The van der Waals surface area contributed by atoms with E-state index >= 15 is 0 Å². The summed E-state index contributed by atoms with van der Waals surface area (Å²) < 4.78 is 85.8. The maximum Gasteiger partial charge on any atom is 0.416 e. The minimum Gasteiger partial charge on any atom is -0.399 e. The number of ether oxygens (including phenoxy) is 1. The van der Waals surface area contributed by atoms with Crippen LogP contribution in [0.2, 0.25) is 10.0 Å². The van der Waals surface area contributed by atoms with Gasteiger partial charge in [0.05, 0.1) is 52.7 Å². The molecule has 0 bridgehead atoms. The van der Waals surface area contributed by atoms with Crippen molar-refractivity contribution in [3.8, 4) is 0 Å². The molecule has 0 aromatic heterocycles. The highest BCUT2D eigenvalue weighted by molar-refractivity contribution is 6.42. The van der Waals surface area contributed by atoms with Crippen LogP contribution in [0.1, 0.15) is 47.4 Å². The van der Waals surface area contributed by atoms with Crippen LogP contribution in [-0.2, 0) is 33.3 Å². The van der Waals surface area contributed by atoms with E-state index in [1.165, 1.54) is 7.11 Å². The molecule has 8 nitrogen and oxygen atoms in total. The Morgan fingerprint density at radius 1 is 0.958 bits per heavy atom. The van der Waals surface area contributed by atoms with E-state index in [9.17, 15) is 36.2 Å². The third-order valence-corrected chi connectivity index (χ3v) is 9.17. The van der Waals surface area contributed by atoms with Crippen LogP contribution in [0, 0.1) is 0 Å². The first-order valence-electron chi connectivity index (χ1n) is 15.5. The smallest absolute Gasteiger partial charge is 0.399 e. The molecule has 2 aromatic rings. The molecule has 1 N–H and O–H groups in total. The second-order valence-electron chi connectivity index (χ2n) is 11.9. The fraction of sp³-hybridized carbons (Fsp3) is 0.562. The molecule has 0 saturated carbocycles. The van der Waals surface area contributed by atoms with Crippen molar-refractivity contribution in [2.24, 2.45) is 5.16 Å². The van der Waals surface area contributed by atoms with Crippen molar-refractivity contribution in [1.82, 2.24) is 14.7 Å². The van der Waals surface area contributed by atoms with Gasteiger partial charge in [0.15, 0.2) is 0 Å². The normalized spacial score (nSPS) is 19.4. The second kappa shape index (κ2) is 16.9. The number of carbonyl (C=O) groups excluding carboxylic acids is 1. The van der Waals surface area contributed by atoms with Crippen LogP contribution < -0.4 is 0 Å². The molecule has 4 rings (SSSR count). The van der Waals surface area contributed by atoms with Gasteiger partial charge in [-0.25, -0.2) is 0 Å². The Balaban J connectivity index is 1.42. The molecular weight excluding hydrogens is 689 g/mol. The molecule has 2 saturated heterocycles. The van der Waals surface area contributed by atoms with Gasteiger partial charge in [-0.05, 0) is 67.3 Å². The zero-order chi connectivity index (χ0) is 35.1. The zero-order valence-electron chi connectivity index (χ0n) is 26.3. The molecule has 1 amide bonds. The Hall–Kier alpha value is -2.62. The molecule has 0 spiro atoms. The van der Waals surface area contributed by atoms with Gasteiger partial charge in [0.25, 0.3) is 0 Å². The van der Waals surface area contributed by atoms with E-state index in [-0.39, 0.29) is 30.7 Å². The average Bonchev–Trinajstić information content (AvgIpc) is 3.02. The fourth-order valence-corrected chi connectivity index (χ4v) is 6.20. The zero-order valence-corrected chi connectivity index (χ0v) is 27.8. The summed E-state index contributed by atoms with van der Waals surface area (Å²) in [5, 5.41) is 14.6. The molecule has 2 atom stereocenters. The number of amides is 1. The van der Waals surface area contributed by atoms with Crippen LogP contribution >= 0.6 is 23.2 Å². The number of oxime groups is 1. The number of nitrogens with zero attached hydrogens (tertiary/aromatic N) is 4. The molecule has 266 valence electrons. The van der Waals surface area contributed by atoms with Crippen LogP contribution in [0.25, 0.3) is 0 Å². The quantitative estimate of drug-likeness (QED) is 0.157. The predicted octanol–water partition coefficient (Wildman–Crippen LogP) is 6.32. The molecule has 2 aliphatic heterocycles. The van der Waals surface area contributed by atoms with E-state index in [0.717, 1.165) is 12.0 Å². The largest absolute Gasteiger partial charge is 0.416 e. The highest BCUT2D eigenvalue weighted by Crippen LogP contribution is 2.37. The van der Waals surface area contributed by atoms with Crippen LogP contribution in [-0.4, -0.2) is 104 Å². The Bertz CT molecular complexity index is 1390. The molecule has 0 aliphatic carbocycles. The number of alkyl halides is 6. The van der Waals surface area contributed by atoms with Gasteiger partial charge in [-0.1, -0.05) is 34.4 Å². The Kier molecular flexibility index (Phi) is 13.4. The number of piperazine rings is 1. The summed E-state index contributed by atoms with van der Waals surface area (Å²) in [6, 6.07) is 6.37. The molecule has 16 heteroatoms. The van der Waals surface area contributed by atoms with Crippen molar-refractivity contribution >= 4 is 34.8 Å². The van der Waals surface area contributed by atoms with E-state index in [1.807, 2.05) is 0 Å². The lowest BCUT2D eigenvalue weighted by Crippen LogP contribution is -2.52. The minimum atomic E-state index is -4.98. The van der Waals surface area contributed by atoms with Crippen LogP contribution in [0.4, 0.5) is 26.3 Å². The number of halogens is 8. The minimum absolute atomic E-state index is 0.00191. The summed E-state index contributed by atoms with van der Waals surface area (Å²) in [5.41, 5.74) is -2.08. The number of hydrogen-bond acceptors (Lipinski definition) is 7. The summed E-state index contributed by atoms with van der Waals surface area (Å²) in [5.74, 6) is -0.445. The van der Waals surface area contributed by atoms with Gasteiger partial charge in [0, 0.05) is 45.2 Å². The fourth-order valence-electron chi connectivity index (χ4n) is 5.89. The second-order valence-corrected chi connectivity index (χ2v) is 12.8. The maximum atomic E-state index is 13.4. The van der Waals surface area contributed by atoms with Crippen molar-refractivity contribution in [2.45, 2.75) is 50.2 Å². The highest BCUT2D eigenvalue weighted by Gasteiger charge is 2.37. The number of likely N-dealkylation sites (tertiary alicyclic amines) is 1. The lowest BCUT2D eigenvalue weighted by Gasteiger charge is -2.37. The molecule has 2 heterocycles. The van der Waals surface area contributed by atoms with E-state index < -0.39 is 42.1 Å². The first kappa shape index (κ1) is 38.2. The summed E-state index contributed by atoms with van der Waals surface area (Å²) in [7, 11) is 1.32. The van der Waals surface area contributed by atoms with Gasteiger partial charge in [-0.3, -0.25) is 9.69 Å². The van der Waals surface area contributed by atoms with E-state index in [1.54, 1.807) is 23.1 Å². The number of carbonyl (C=O) groups is 1. The summed E-state index contributed by atoms with van der Waals surface area (Å²) in [6.45, 7) is 3.80. The summed E-state index contributed by atoms with van der Waals surface area (Å²) in [4.78, 5) is 23.8.